The van der Waals surface area contributed by atoms with Gasteiger partial charge >= 0.3 is 0 Å². The van der Waals surface area contributed by atoms with Crippen molar-refractivity contribution in [1.29, 1.82) is 0 Å². The van der Waals surface area contributed by atoms with E-state index in [1.807, 2.05) is 12.1 Å². The van der Waals surface area contributed by atoms with Crippen LogP contribution in [0.2, 0.25) is 0 Å². The Balaban J connectivity index is 2.21. The smallest absolute Gasteiger partial charge is 0.0603 e. The van der Waals surface area contributed by atoms with E-state index >= 15 is 0 Å². The molecule has 2 nitrogen and oxygen atoms in total. The number of rotatable bonds is 3. The van der Waals surface area contributed by atoms with E-state index in [0.29, 0.717) is 0 Å². The monoisotopic (exact) mass is 240 g/mol. The second-order valence-electron chi connectivity index (χ2n) is 4.91. The standard InChI is InChI=1S/C16H20N2/c1-12-5-4-6-14(9-12)11-18(3)16-10-13(2)7-8-15(16)17/h4-10H,11,17H2,1-3H3. The highest BCUT2D eigenvalue weighted by atomic mass is 15.1. The number of nitrogens with zero attached hydrogens (tertiary/aromatic N) is 1. The van der Waals surface area contributed by atoms with Crippen LogP contribution < -0.4 is 10.6 Å². The lowest BCUT2D eigenvalue weighted by Crippen LogP contribution is -2.18. The van der Waals surface area contributed by atoms with Crippen molar-refractivity contribution >= 4 is 11.4 Å². The van der Waals surface area contributed by atoms with Gasteiger partial charge in [0.25, 0.3) is 0 Å². The molecule has 94 valence electrons. The minimum atomic E-state index is 0.829. The van der Waals surface area contributed by atoms with E-state index in [1.54, 1.807) is 0 Å². The molecule has 0 aliphatic rings. The van der Waals surface area contributed by atoms with Gasteiger partial charge in [0.1, 0.15) is 0 Å². The molecule has 0 unspecified atom stereocenters. The van der Waals surface area contributed by atoms with Gasteiger partial charge in [-0.2, -0.15) is 0 Å². The Morgan fingerprint density at radius 3 is 2.44 bits per heavy atom. The third-order valence-electron chi connectivity index (χ3n) is 3.10. The highest BCUT2D eigenvalue weighted by Gasteiger charge is 2.06. The first-order valence-corrected chi connectivity index (χ1v) is 6.19. The Labute approximate surface area is 109 Å². The number of anilines is 2. The van der Waals surface area contributed by atoms with Gasteiger partial charge in [-0.15, -0.1) is 0 Å². The highest BCUT2D eigenvalue weighted by Crippen LogP contribution is 2.24. The molecule has 2 rings (SSSR count). The van der Waals surface area contributed by atoms with Crippen molar-refractivity contribution < 1.29 is 0 Å². The summed E-state index contributed by atoms with van der Waals surface area (Å²) in [5.74, 6) is 0. The topological polar surface area (TPSA) is 29.3 Å². The first kappa shape index (κ1) is 12.5. The quantitative estimate of drug-likeness (QED) is 0.832. The highest BCUT2D eigenvalue weighted by molar-refractivity contribution is 5.68. The number of aryl methyl sites for hydroxylation is 2. The summed E-state index contributed by atoms with van der Waals surface area (Å²) >= 11 is 0. The molecule has 0 saturated heterocycles. The minimum Gasteiger partial charge on any atom is -0.397 e. The molecule has 2 aromatic rings. The minimum absolute atomic E-state index is 0.829. The molecule has 18 heavy (non-hydrogen) atoms. The van der Waals surface area contributed by atoms with Gasteiger partial charge in [0.15, 0.2) is 0 Å². The summed E-state index contributed by atoms with van der Waals surface area (Å²) in [6, 6.07) is 14.7. The van der Waals surface area contributed by atoms with Crippen molar-refractivity contribution in [3.8, 4) is 0 Å². The van der Waals surface area contributed by atoms with E-state index < -0.39 is 0 Å². The summed E-state index contributed by atoms with van der Waals surface area (Å²) < 4.78 is 0. The van der Waals surface area contributed by atoms with Gasteiger partial charge in [0.2, 0.25) is 0 Å². The van der Waals surface area contributed by atoms with Crippen molar-refractivity contribution in [2.45, 2.75) is 20.4 Å². The zero-order valence-corrected chi connectivity index (χ0v) is 11.3. The predicted octanol–water partition coefficient (Wildman–Crippen LogP) is 3.52. The van der Waals surface area contributed by atoms with Gasteiger partial charge < -0.3 is 10.6 Å². The molecule has 0 saturated carbocycles. The van der Waals surface area contributed by atoms with Crippen LogP contribution in [0.3, 0.4) is 0 Å². The first-order chi connectivity index (χ1) is 8.56. The lowest BCUT2D eigenvalue weighted by Gasteiger charge is -2.22. The Hall–Kier alpha value is -1.96. The second-order valence-corrected chi connectivity index (χ2v) is 4.91. The summed E-state index contributed by atoms with van der Waals surface area (Å²) in [7, 11) is 2.08. The molecule has 2 aromatic carbocycles. The fourth-order valence-corrected chi connectivity index (χ4v) is 2.15. The normalized spacial score (nSPS) is 10.4. The average Bonchev–Trinajstić information content (AvgIpc) is 2.32. The molecule has 2 N–H and O–H groups in total. The molecule has 0 aromatic heterocycles. The maximum absolute atomic E-state index is 6.03. The number of nitrogens with two attached hydrogens (primary N) is 1. The van der Waals surface area contributed by atoms with E-state index in [4.69, 9.17) is 5.73 Å². The van der Waals surface area contributed by atoms with Crippen LogP contribution in [0.25, 0.3) is 0 Å². The number of hydrogen-bond acceptors (Lipinski definition) is 2. The first-order valence-electron chi connectivity index (χ1n) is 6.19. The largest absolute Gasteiger partial charge is 0.397 e. The van der Waals surface area contributed by atoms with Crippen LogP contribution in [-0.2, 0) is 6.54 Å². The van der Waals surface area contributed by atoms with Crippen LogP contribution >= 0.6 is 0 Å². The molecule has 0 fully saturated rings. The Kier molecular flexibility index (Phi) is 3.56. The van der Waals surface area contributed by atoms with E-state index in [9.17, 15) is 0 Å². The van der Waals surface area contributed by atoms with Crippen LogP contribution in [0, 0.1) is 13.8 Å². The van der Waals surface area contributed by atoms with Gasteiger partial charge in [0, 0.05) is 13.6 Å². The van der Waals surface area contributed by atoms with Crippen molar-refractivity contribution in [2.75, 3.05) is 17.7 Å². The van der Waals surface area contributed by atoms with Gasteiger partial charge in [0.05, 0.1) is 11.4 Å². The van der Waals surface area contributed by atoms with Gasteiger partial charge in [-0.25, -0.2) is 0 Å². The zero-order chi connectivity index (χ0) is 13.1. The molecule has 0 amide bonds. The maximum Gasteiger partial charge on any atom is 0.0603 e. The lowest BCUT2D eigenvalue weighted by atomic mass is 10.1. The molecule has 0 bridgehead atoms. The van der Waals surface area contributed by atoms with Crippen molar-refractivity contribution in [1.82, 2.24) is 0 Å². The van der Waals surface area contributed by atoms with E-state index in [2.05, 4.69) is 56.1 Å². The van der Waals surface area contributed by atoms with Crippen molar-refractivity contribution in [3.63, 3.8) is 0 Å². The third-order valence-corrected chi connectivity index (χ3v) is 3.10. The summed E-state index contributed by atoms with van der Waals surface area (Å²) in [6.45, 7) is 5.07. The molecule has 0 spiro atoms. The molecule has 0 radical (unpaired) electrons. The van der Waals surface area contributed by atoms with E-state index in [-0.39, 0.29) is 0 Å². The molecule has 0 aliphatic carbocycles. The number of nitrogen functional groups attached to an aromatic ring is 1. The summed E-state index contributed by atoms with van der Waals surface area (Å²) in [5, 5.41) is 0. The molecule has 0 atom stereocenters. The zero-order valence-electron chi connectivity index (χ0n) is 11.3. The van der Waals surface area contributed by atoms with Crippen molar-refractivity contribution in [3.05, 3.63) is 59.2 Å². The summed E-state index contributed by atoms with van der Waals surface area (Å²) in [6.07, 6.45) is 0. The van der Waals surface area contributed by atoms with Crippen LogP contribution in [-0.4, -0.2) is 7.05 Å². The van der Waals surface area contributed by atoms with Gasteiger partial charge in [-0.3, -0.25) is 0 Å². The molecule has 0 aliphatic heterocycles. The number of hydrogen-bond donors (Lipinski definition) is 1. The van der Waals surface area contributed by atoms with Crippen molar-refractivity contribution in [2.24, 2.45) is 0 Å². The van der Waals surface area contributed by atoms with Gasteiger partial charge in [-0.1, -0.05) is 35.9 Å². The predicted molar refractivity (Wildman–Crippen MR) is 78.9 cm³/mol. The number of benzene rings is 2. The molecular weight excluding hydrogens is 220 g/mol. The third kappa shape index (κ3) is 2.83. The molecule has 2 heteroatoms. The van der Waals surface area contributed by atoms with Crippen LogP contribution in [0.15, 0.2) is 42.5 Å². The molecule has 0 heterocycles. The maximum atomic E-state index is 6.03. The second kappa shape index (κ2) is 5.13. The van der Waals surface area contributed by atoms with E-state index in [0.717, 1.165) is 17.9 Å². The lowest BCUT2D eigenvalue weighted by molar-refractivity contribution is 0.922. The summed E-state index contributed by atoms with van der Waals surface area (Å²) in [4.78, 5) is 2.19. The fraction of sp³-hybridized carbons (Fsp3) is 0.250. The van der Waals surface area contributed by atoms with Crippen LogP contribution in [0.5, 0.6) is 0 Å². The Bertz CT molecular complexity index is 547. The van der Waals surface area contributed by atoms with Crippen LogP contribution in [0.4, 0.5) is 11.4 Å². The van der Waals surface area contributed by atoms with Crippen LogP contribution in [0.1, 0.15) is 16.7 Å². The summed E-state index contributed by atoms with van der Waals surface area (Å²) in [5.41, 5.74) is 11.8. The molecular formula is C16H20N2. The Morgan fingerprint density at radius 2 is 1.72 bits per heavy atom. The fourth-order valence-electron chi connectivity index (χ4n) is 2.15. The van der Waals surface area contributed by atoms with E-state index in [1.165, 1.54) is 16.7 Å². The Morgan fingerprint density at radius 1 is 1.00 bits per heavy atom. The van der Waals surface area contributed by atoms with Gasteiger partial charge in [-0.05, 0) is 37.1 Å². The average molecular weight is 240 g/mol. The SMILES string of the molecule is Cc1cccc(CN(C)c2cc(C)ccc2N)c1.